The quantitative estimate of drug-likeness (QED) is 0.339. The van der Waals surface area contributed by atoms with Crippen molar-refractivity contribution in [3.63, 3.8) is 0 Å². The smallest absolute Gasteiger partial charge is 0.148 e. The van der Waals surface area contributed by atoms with E-state index in [-0.39, 0.29) is 13.2 Å². The van der Waals surface area contributed by atoms with Crippen LogP contribution in [-0.2, 0) is 6.54 Å². The molecule has 1 aromatic heterocycles. The summed E-state index contributed by atoms with van der Waals surface area (Å²) in [6, 6.07) is 0. The minimum Gasteiger partial charge on any atom is -0.395 e. The lowest BCUT2D eigenvalue weighted by molar-refractivity contribution is 0.155. The average Bonchev–Trinajstić information content (AvgIpc) is 2.66. The normalized spacial score (nSPS) is 10.9. The zero-order chi connectivity index (χ0) is 11.1. The van der Waals surface area contributed by atoms with E-state index in [9.17, 15) is 0 Å². The number of aromatic nitrogens is 2. The Morgan fingerprint density at radius 2 is 2.00 bits per heavy atom. The Bertz CT molecular complexity index is 276. The van der Waals surface area contributed by atoms with Crippen LogP contribution < -0.4 is 11.3 Å². The lowest BCUT2D eigenvalue weighted by atomic mass is 10.4. The van der Waals surface area contributed by atoms with Crippen LogP contribution in [0.2, 0.25) is 0 Å². The summed E-state index contributed by atoms with van der Waals surface area (Å²) in [4.78, 5) is 1.87. The van der Waals surface area contributed by atoms with Gasteiger partial charge in [-0.3, -0.25) is 4.90 Å². The molecule has 0 amide bonds. The molecule has 15 heavy (non-hydrogen) atoms. The van der Waals surface area contributed by atoms with Gasteiger partial charge < -0.3 is 15.6 Å². The van der Waals surface area contributed by atoms with Crippen molar-refractivity contribution in [2.45, 2.75) is 6.54 Å². The Labute approximate surface area is 91.7 Å². The third-order valence-corrected chi connectivity index (χ3v) is 2.59. The average molecular weight is 233 g/mol. The maximum atomic E-state index is 8.82. The molecule has 5 N–H and O–H groups in total. The third kappa shape index (κ3) is 3.68. The number of hydrazine groups is 1. The monoisotopic (exact) mass is 233 g/mol. The second-order valence-electron chi connectivity index (χ2n) is 2.92. The number of nitrogen functional groups attached to an aromatic ring is 1. The standard InChI is InChI=1S/C7H15N5O2S/c8-9-7-6(10-11-15-7)5-12(1-3-13)2-4-14/h9,13-14H,1-5,8H2. The maximum Gasteiger partial charge on any atom is 0.148 e. The summed E-state index contributed by atoms with van der Waals surface area (Å²) >= 11 is 1.18. The van der Waals surface area contributed by atoms with Gasteiger partial charge in [-0.05, 0) is 0 Å². The number of nitrogens with two attached hydrogens (primary N) is 1. The van der Waals surface area contributed by atoms with Crippen LogP contribution in [0.4, 0.5) is 5.00 Å². The van der Waals surface area contributed by atoms with E-state index < -0.39 is 0 Å². The molecule has 0 fully saturated rings. The van der Waals surface area contributed by atoms with Crippen molar-refractivity contribution >= 4 is 16.5 Å². The number of hydrogen-bond acceptors (Lipinski definition) is 8. The van der Waals surface area contributed by atoms with Gasteiger partial charge in [0, 0.05) is 31.2 Å². The lowest BCUT2D eigenvalue weighted by Crippen LogP contribution is -2.30. The van der Waals surface area contributed by atoms with Crippen molar-refractivity contribution in [1.82, 2.24) is 14.5 Å². The Kier molecular flexibility index (Phi) is 5.43. The molecule has 1 heterocycles. The molecule has 0 aromatic carbocycles. The molecule has 86 valence electrons. The van der Waals surface area contributed by atoms with E-state index >= 15 is 0 Å². The summed E-state index contributed by atoms with van der Waals surface area (Å²) in [6.07, 6.45) is 0. The number of nitrogens with one attached hydrogen (secondary N) is 1. The lowest BCUT2D eigenvalue weighted by Gasteiger charge is -2.18. The summed E-state index contributed by atoms with van der Waals surface area (Å²) < 4.78 is 3.76. The molecule has 1 aromatic rings. The van der Waals surface area contributed by atoms with E-state index in [0.717, 1.165) is 5.69 Å². The number of aliphatic hydroxyl groups excluding tert-OH is 2. The summed E-state index contributed by atoms with van der Waals surface area (Å²) in [6.45, 7) is 1.58. The second-order valence-corrected chi connectivity index (χ2v) is 3.67. The first-order chi connectivity index (χ1) is 7.31. The van der Waals surface area contributed by atoms with Gasteiger partial charge in [0.1, 0.15) is 10.7 Å². The summed E-state index contributed by atoms with van der Waals surface area (Å²) in [7, 11) is 0. The van der Waals surface area contributed by atoms with E-state index in [2.05, 4.69) is 15.0 Å². The van der Waals surface area contributed by atoms with E-state index in [0.29, 0.717) is 24.6 Å². The van der Waals surface area contributed by atoms with Gasteiger partial charge in [0.05, 0.1) is 13.2 Å². The largest absolute Gasteiger partial charge is 0.395 e. The van der Waals surface area contributed by atoms with Crippen LogP contribution in [0.25, 0.3) is 0 Å². The van der Waals surface area contributed by atoms with Crippen molar-refractivity contribution in [1.29, 1.82) is 0 Å². The topological polar surface area (TPSA) is 108 Å². The van der Waals surface area contributed by atoms with E-state index in [4.69, 9.17) is 16.1 Å². The molecule has 0 atom stereocenters. The molecule has 0 aliphatic carbocycles. The van der Waals surface area contributed by atoms with Crippen molar-refractivity contribution < 1.29 is 10.2 Å². The third-order valence-electron chi connectivity index (χ3n) is 1.89. The fraction of sp³-hybridized carbons (Fsp3) is 0.714. The molecule has 0 radical (unpaired) electrons. The highest BCUT2D eigenvalue weighted by atomic mass is 32.1. The van der Waals surface area contributed by atoms with Crippen LogP contribution in [-0.4, -0.2) is 51.0 Å². The molecule has 1 rings (SSSR count). The van der Waals surface area contributed by atoms with E-state index in [1.54, 1.807) is 0 Å². The Balaban J connectivity index is 2.56. The maximum absolute atomic E-state index is 8.82. The van der Waals surface area contributed by atoms with Gasteiger partial charge in [0.25, 0.3) is 0 Å². The highest BCUT2D eigenvalue weighted by Gasteiger charge is 2.11. The first-order valence-electron chi connectivity index (χ1n) is 4.53. The van der Waals surface area contributed by atoms with Crippen molar-refractivity contribution in [3.8, 4) is 0 Å². The molecule has 0 aliphatic heterocycles. The summed E-state index contributed by atoms with van der Waals surface area (Å²) in [5, 5.41) is 22.3. The molecule has 0 spiro atoms. The van der Waals surface area contributed by atoms with Gasteiger partial charge in [0.15, 0.2) is 0 Å². The van der Waals surface area contributed by atoms with Crippen LogP contribution in [0.15, 0.2) is 0 Å². The Morgan fingerprint density at radius 1 is 1.33 bits per heavy atom. The predicted octanol–water partition coefficient (Wildman–Crippen LogP) is -1.39. The highest BCUT2D eigenvalue weighted by Crippen LogP contribution is 2.17. The van der Waals surface area contributed by atoms with Crippen LogP contribution in [0, 0.1) is 0 Å². The Morgan fingerprint density at radius 3 is 2.53 bits per heavy atom. The fourth-order valence-electron chi connectivity index (χ4n) is 1.19. The molecule has 8 heteroatoms. The summed E-state index contributed by atoms with van der Waals surface area (Å²) in [5.74, 6) is 5.28. The SMILES string of the molecule is NNc1snnc1CN(CCO)CCO. The van der Waals surface area contributed by atoms with Crippen molar-refractivity contribution in [3.05, 3.63) is 5.69 Å². The van der Waals surface area contributed by atoms with Crippen LogP contribution >= 0.6 is 11.5 Å². The number of rotatable bonds is 7. The number of hydrogen-bond donors (Lipinski definition) is 4. The molecule has 0 bridgehead atoms. The molecule has 0 saturated heterocycles. The second kappa shape index (κ2) is 6.64. The fourth-order valence-corrected chi connectivity index (χ4v) is 1.67. The zero-order valence-corrected chi connectivity index (χ0v) is 9.07. The number of nitrogens with zero attached hydrogens (tertiary/aromatic N) is 3. The van der Waals surface area contributed by atoms with Crippen LogP contribution in [0.5, 0.6) is 0 Å². The van der Waals surface area contributed by atoms with Gasteiger partial charge in [-0.25, -0.2) is 5.84 Å². The molecule has 0 aliphatic rings. The Hall–Kier alpha value is -0.800. The molecule has 0 unspecified atom stereocenters. The predicted molar refractivity (Wildman–Crippen MR) is 57.2 cm³/mol. The van der Waals surface area contributed by atoms with Crippen LogP contribution in [0.3, 0.4) is 0 Å². The molecule has 0 saturated carbocycles. The van der Waals surface area contributed by atoms with Gasteiger partial charge >= 0.3 is 0 Å². The minimum absolute atomic E-state index is 0.0446. The van der Waals surface area contributed by atoms with E-state index in [1.165, 1.54) is 11.5 Å². The number of aliphatic hydroxyl groups is 2. The molecular weight excluding hydrogens is 218 g/mol. The highest BCUT2D eigenvalue weighted by molar-refractivity contribution is 7.10. The van der Waals surface area contributed by atoms with Crippen LogP contribution in [0.1, 0.15) is 5.69 Å². The van der Waals surface area contributed by atoms with E-state index in [1.807, 2.05) is 4.90 Å². The van der Waals surface area contributed by atoms with Gasteiger partial charge in [-0.1, -0.05) is 4.49 Å². The number of anilines is 1. The van der Waals surface area contributed by atoms with Gasteiger partial charge in [0.2, 0.25) is 0 Å². The van der Waals surface area contributed by atoms with Gasteiger partial charge in [-0.2, -0.15) is 0 Å². The molecule has 7 nitrogen and oxygen atoms in total. The first-order valence-corrected chi connectivity index (χ1v) is 5.31. The minimum atomic E-state index is 0.0446. The van der Waals surface area contributed by atoms with Crippen molar-refractivity contribution in [2.24, 2.45) is 5.84 Å². The first kappa shape index (κ1) is 12.3. The summed E-state index contributed by atoms with van der Waals surface area (Å²) in [5.41, 5.74) is 3.23. The van der Waals surface area contributed by atoms with Crippen molar-refractivity contribution in [2.75, 3.05) is 31.7 Å². The van der Waals surface area contributed by atoms with Gasteiger partial charge in [-0.15, -0.1) is 5.10 Å². The molecular formula is C7H15N5O2S. The zero-order valence-electron chi connectivity index (χ0n) is 8.26.